The van der Waals surface area contributed by atoms with Crippen LogP contribution in [0.5, 0.6) is 11.5 Å². The Balaban J connectivity index is 1.79. The minimum absolute atomic E-state index is 0.0757. The first kappa shape index (κ1) is 14.9. The minimum atomic E-state index is -0.0757. The molecule has 0 saturated carbocycles. The molecule has 0 bridgehead atoms. The van der Waals surface area contributed by atoms with Crippen LogP contribution in [-0.4, -0.2) is 19.1 Å². The number of thiophene rings is 1. The monoisotopic (exact) mass is 317 g/mol. The van der Waals surface area contributed by atoms with E-state index in [4.69, 9.17) is 9.47 Å². The Kier molecular flexibility index (Phi) is 4.34. The Hall–Kier alpha value is -2.01. The van der Waals surface area contributed by atoms with Crippen LogP contribution in [0.1, 0.15) is 41.4 Å². The minimum Gasteiger partial charge on any atom is -0.490 e. The highest BCUT2D eigenvalue weighted by Gasteiger charge is 2.17. The number of hydrogen-bond acceptors (Lipinski definition) is 4. The molecule has 1 aliphatic heterocycles. The van der Waals surface area contributed by atoms with Crippen LogP contribution in [0.3, 0.4) is 0 Å². The number of rotatable bonds is 3. The molecule has 1 aromatic heterocycles. The predicted octanol–water partition coefficient (Wildman–Crippen LogP) is 4.29. The Morgan fingerprint density at radius 2 is 1.95 bits per heavy atom. The highest BCUT2D eigenvalue weighted by atomic mass is 32.1. The van der Waals surface area contributed by atoms with E-state index in [1.54, 1.807) is 0 Å². The molecule has 22 heavy (non-hydrogen) atoms. The molecule has 1 amide bonds. The van der Waals surface area contributed by atoms with Crippen molar-refractivity contribution in [3.63, 3.8) is 0 Å². The Morgan fingerprint density at radius 1 is 1.18 bits per heavy atom. The van der Waals surface area contributed by atoms with E-state index in [2.05, 4.69) is 19.2 Å². The van der Waals surface area contributed by atoms with Crippen molar-refractivity contribution in [2.24, 2.45) is 0 Å². The molecule has 0 saturated heterocycles. The van der Waals surface area contributed by atoms with Gasteiger partial charge in [0.25, 0.3) is 5.91 Å². The zero-order valence-electron chi connectivity index (χ0n) is 12.7. The van der Waals surface area contributed by atoms with Gasteiger partial charge in [-0.3, -0.25) is 4.79 Å². The molecule has 0 atom stereocenters. The molecule has 4 nitrogen and oxygen atoms in total. The third-order valence-electron chi connectivity index (χ3n) is 3.53. The van der Waals surface area contributed by atoms with Gasteiger partial charge in [0.05, 0.1) is 18.1 Å². The first-order valence-electron chi connectivity index (χ1n) is 7.43. The molecule has 2 heterocycles. The van der Waals surface area contributed by atoms with Gasteiger partial charge in [0.1, 0.15) is 0 Å². The second-order valence-corrected chi connectivity index (χ2v) is 6.44. The van der Waals surface area contributed by atoms with Gasteiger partial charge < -0.3 is 14.8 Å². The van der Waals surface area contributed by atoms with Crippen molar-refractivity contribution in [1.82, 2.24) is 0 Å². The van der Waals surface area contributed by atoms with E-state index in [-0.39, 0.29) is 5.91 Å². The Morgan fingerprint density at radius 3 is 2.73 bits per heavy atom. The van der Waals surface area contributed by atoms with Crippen LogP contribution in [0.25, 0.3) is 0 Å². The number of fused-ring (bicyclic) bond motifs is 1. The normalized spacial score (nSPS) is 13.8. The van der Waals surface area contributed by atoms with Gasteiger partial charge in [0, 0.05) is 18.2 Å². The fourth-order valence-corrected chi connectivity index (χ4v) is 3.34. The lowest BCUT2D eigenvalue weighted by atomic mass is 10.0. The predicted molar refractivity (Wildman–Crippen MR) is 88.4 cm³/mol. The maximum absolute atomic E-state index is 12.5. The smallest absolute Gasteiger partial charge is 0.266 e. The number of carbonyl (C=O) groups excluding carboxylic acids is 1. The summed E-state index contributed by atoms with van der Waals surface area (Å²) in [7, 11) is 0. The second kappa shape index (κ2) is 6.40. The summed E-state index contributed by atoms with van der Waals surface area (Å²) in [5.41, 5.74) is 1.80. The largest absolute Gasteiger partial charge is 0.490 e. The first-order chi connectivity index (χ1) is 10.6. The van der Waals surface area contributed by atoms with Crippen LogP contribution >= 0.6 is 11.3 Å². The number of benzene rings is 1. The third-order valence-corrected chi connectivity index (χ3v) is 4.46. The molecule has 1 aliphatic rings. The molecule has 2 aromatic rings. The molecule has 3 rings (SSSR count). The van der Waals surface area contributed by atoms with Crippen molar-refractivity contribution in [2.75, 3.05) is 18.5 Å². The van der Waals surface area contributed by atoms with E-state index in [9.17, 15) is 4.79 Å². The number of carbonyl (C=O) groups is 1. The summed E-state index contributed by atoms with van der Waals surface area (Å²) in [5.74, 6) is 1.67. The summed E-state index contributed by atoms with van der Waals surface area (Å²) in [6.45, 7) is 5.47. The van der Waals surface area contributed by atoms with Crippen LogP contribution in [0, 0.1) is 0 Å². The van der Waals surface area contributed by atoms with Crippen molar-refractivity contribution in [3.8, 4) is 11.5 Å². The number of anilines is 1. The molecule has 1 N–H and O–H groups in total. The maximum Gasteiger partial charge on any atom is 0.266 e. The van der Waals surface area contributed by atoms with E-state index in [1.165, 1.54) is 11.3 Å². The lowest BCUT2D eigenvalue weighted by Gasteiger charge is -2.11. The molecule has 0 aliphatic carbocycles. The average Bonchev–Trinajstić information content (AvgIpc) is 2.88. The summed E-state index contributed by atoms with van der Waals surface area (Å²) in [6, 6.07) is 7.52. The fraction of sp³-hybridized carbons (Fsp3) is 0.353. The molecule has 1 aromatic carbocycles. The highest BCUT2D eigenvalue weighted by Crippen LogP contribution is 2.33. The first-order valence-corrected chi connectivity index (χ1v) is 8.31. The van der Waals surface area contributed by atoms with Gasteiger partial charge in [0.15, 0.2) is 11.5 Å². The second-order valence-electron chi connectivity index (χ2n) is 5.53. The lowest BCUT2D eigenvalue weighted by molar-refractivity contribution is 0.102. The van der Waals surface area contributed by atoms with Crippen LogP contribution < -0.4 is 14.8 Å². The van der Waals surface area contributed by atoms with Crippen molar-refractivity contribution in [1.29, 1.82) is 0 Å². The average molecular weight is 317 g/mol. The van der Waals surface area contributed by atoms with Crippen LogP contribution in [0.4, 0.5) is 5.69 Å². The van der Waals surface area contributed by atoms with Gasteiger partial charge in [-0.2, -0.15) is 0 Å². The topological polar surface area (TPSA) is 47.6 Å². The maximum atomic E-state index is 12.5. The van der Waals surface area contributed by atoms with Crippen molar-refractivity contribution < 1.29 is 14.3 Å². The Bertz CT molecular complexity index is 678. The molecule has 0 fully saturated rings. The fourth-order valence-electron chi connectivity index (χ4n) is 2.39. The van der Waals surface area contributed by atoms with Crippen molar-refractivity contribution in [2.45, 2.75) is 26.2 Å². The molecule has 0 spiro atoms. The molecular formula is C17H19NO3S. The molecular weight excluding hydrogens is 298 g/mol. The SMILES string of the molecule is CC(C)c1ccsc1C(=O)Nc1ccc2c(c1)OCCCO2. The zero-order chi connectivity index (χ0) is 15.5. The number of ether oxygens (including phenoxy) is 2. The molecule has 116 valence electrons. The van der Waals surface area contributed by atoms with Gasteiger partial charge in [-0.25, -0.2) is 0 Å². The van der Waals surface area contributed by atoms with E-state index in [1.807, 2.05) is 29.6 Å². The van der Waals surface area contributed by atoms with E-state index >= 15 is 0 Å². The van der Waals surface area contributed by atoms with E-state index < -0.39 is 0 Å². The van der Waals surface area contributed by atoms with Crippen molar-refractivity contribution >= 4 is 22.9 Å². The number of amides is 1. The highest BCUT2D eigenvalue weighted by molar-refractivity contribution is 7.12. The molecule has 0 unspecified atom stereocenters. The van der Waals surface area contributed by atoms with E-state index in [0.29, 0.717) is 24.9 Å². The summed E-state index contributed by atoms with van der Waals surface area (Å²) in [5, 5.41) is 4.90. The molecule has 0 radical (unpaired) electrons. The Labute approximate surface area is 134 Å². The molecule has 5 heteroatoms. The standard InChI is InChI=1S/C17H19NO3S/c1-11(2)13-6-9-22-16(13)17(19)18-12-4-5-14-15(10-12)21-8-3-7-20-14/h4-6,9-11H,3,7-8H2,1-2H3,(H,18,19). The third kappa shape index (κ3) is 3.09. The van der Waals surface area contributed by atoms with Crippen LogP contribution in [0.2, 0.25) is 0 Å². The summed E-state index contributed by atoms with van der Waals surface area (Å²) in [4.78, 5) is 13.2. The van der Waals surface area contributed by atoms with Crippen LogP contribution in [-0.2, 0) is 0 Å². The summed E-state index contributed by atoms with van der Waals surface area (Å²) < 4.78 is 11.2. The summed E-state index contributed by atoms with van der Waals surface area (Å²) >= 11 is 1.47. The van der Waals surface area contributed by atoms with Crippen molar-refractivity contribution in [3.05, 3.63) is 40.1 Å². The number of hydrogen-bond donors (Lipinski definition) is 1. The van der Waals surface area contributed by atoms with Gasteiger partial charge in [0.2, 0.25) is 0 Å². The number of nitrogens with one attached hydrogen (secondary N) is 1. The summed E-state index contributed by atoms with van der Waals surface area (Å²) in [6.07, 6.45) is 0.864. The van der Waals surface area contributed by atoms with Gasteiger partial charge in [-0.05, 0) is 35.1 Å². The van der Waals surface area contributed by atoms with E-state index in [0.717, 1.165) is 28.3 Å². The van der Waals surface area contributed by atoms with Crippen LogP contribution in [0.15, 0.2) is 29.6 Å². The lowest BCUT2D eigenvalue weighted by Crippen LogP contribution is -2.12. The van der Waals surface area contributed by atoms with Gasteiger partial charge >= 0.3 is 0 Å². The zero-order valence-corrected chi connectivity index (χ0v) is 13.5. The van der Waals surface area contributed by atoms with Gasteiger partial charge in [-0.1, -0.05) is 13.8 Å². The van der Waals surface area contributed by atoms with Gasteiger partial charge in [-0.15, -0.1) is 11.3 Å². The quantitative estimate of drug-likeness (QED) is 0.919.